The average Bonchev–Trinajstić information content (AvgIpc) is 2.76. The maximum atomic E-state index is 5.46. The van der Waals surface area contributed by atoms with Crippen LogP contribution < -0.4 is 5.32 Å². The Hall–Kier alpha value is -1.28. The molecule has 1 aliphatic heterocycles. The number of rotatable bonds is 1. The first-order valence-electron chi connectivity index (χ1n) is 6.04. The third-order valence-corrected chi connectivity index (χ3v) is 3.59. The summed E-state index contributed by atoms with van der Waals surface area (Å²) in [6.45, 7) is 3.39. The van der Waals surface area contributed by atoms with Crippen molar-refractivity contribution in [1.82, 2.24) is 5.32 Å². The molecule has 1 aromatic carbocycles. The zero-order valence-corrected chi connectivity index (χ0v) is 9.57. The Morgan fingerprint density at radius 2 is 2.25 bits per heavy atom. The number of benzene rings is 1. The van der Waals surface area contributed by atoms with Crippen LogP contribution in [0, 0.1) is 0 Å². The van der Waals surface area contributed by atoms with E-state index < -0.39 is 0 Å². The Labute approximate surface area is 95.6 Å². The van der Waals surface area contributed by atoms with Gasteiger partial charge in [0.05, 0.1) is 6.26 Å². The Balaban J connectivity index is 2.01. The quantitative estimate of drug-likeness (QED) is 0.789. The molecule has 1 aromatic heterocycles. The van der Waals surface area contributed by atoms with Crippen molar-refractivity contribution in [2.75, 3.05) is 6.54 Å². The van der Waals surface area contributed by atoms with Crippen molar-refractivity contribution in [3.63, 3.8) is 0 Å². The molecule has 0 saturated carbocycles. The van der Waals surface area contributed by atoms with Crippen LogP contribution in [0.2, 0.25) is 0 Å². The number of hydrogen-bond donors (Lipinski definition) is 1. The van der Waals surface area contributed by atoms with E-state index in [0.717, 1.165) is 12.1 Å². The molecule has 0 bridgehead atoms. The number of nitrogens with one attached hydrogen (secondary N) is 1. The minimum absolute atomic E-state index is 0.626. The van der Waals surface area contributed by atoms with Gasteiger partial charge >= 0.3 is 0 Å². The van der Waals surface area contributed by atoms with Crippen molar-refractivity contribution >= 4 is 11.0 Å². The second-order valence-electron chi connectivity index (χ2n) is 4.76. The number of piperidine rings is 1. The van der Waals surface area contributed by atoms with Crippen LogP contribution in [0.4, 0.5) is 0 Å². The van der Waals surface area contributed by atoms with Crippen molar-refractivity contribution in [2.24, 2.45) is 0 Å². The molecule has 3 rings (SSSR count). The number of fused-ring (bicyclic) bond motifs is 1. The van der Waals surface area contributed by atoms with Gasteiger partial charge in [-0.2, -0.15) is 0 Å². The fraction of sp³-hybridized carbons (Fsp3) is 0.429. The predicted molar refractivity (Wildman–Crippen MR) is 65.7 cm³/mol. The molecule has 2 unspecified atom stereocenters. The lowest BCUT2D eigenvalue weighted by Crippen LogP contribution is -2.34. The Morgan fingerprint density at radius 3 is 3.12 bits per heavy atom. The molecule has 2 heteroatoms. The summed E-state index contributed by atoms with van der Waals surface area (Å²) in [4.78, 5) is 0. The van der Waals surface area contributed by atoms with Gasteiger partial charge < -0.3 is 9.73 Å². The molecule has 2 aromatic rings. The molecule has 16 heavy (non-hydrogen) atoms. The second-order valence-corrected chi connectivity index (χ2v) is 4.76. The highest BCUT2D eigenvalue weighted by Gasteiger charge is 2.21. The molecule has 0 radical (unpaired) electrons. The van der Waals surface area contributed by atoms with Crippen molar-refractivity contribution in [3.8, 4) is 0 Å². The highest BCUT2D eigenvalue weighted by molar-refractivity contribution is 5.81. The Morgan fingerprint density at radius 1 is 1.31 bits per heavy atom. The van der Waals surface area contributed by atoms with Crippen molar-refractivity contribution in [1.29, 1.82) is 0 Å². The van der Waals surface area contributed by atoms with Crippen LogP contribution in [0.1, 0.15) is 31.2 Å². The average molecular weight is 215 g/mol. The summed E-state index contributed by atoms with van der Waals surface area (Å²) in [5.74, 6) is 0.678. The topological polar surface area (TPSA) is 25.2 Å². The van der Waals surface area contributed by atoms with Crippen molar-refractivity contribution < 1.29 is 4.42 Å². The monoisotopic (exact) mass is 215 g/mol. The van der Waals surface area contributed by atoms with Crippen LogP contribution in [-0.4, -0.2) is 12.6 Å². The third kappa shape index (κ3) is 1.63. The molecule has 0 amide bonds. The van der Waals surface area contributed by atoms with E-state index in [9.17, 15) is 0 Å². The highest BCUT2D eigenvalue weighted by atomic mass is 16.3. The van der Waals surface area contributed by atoms with Crippen molar-refractivity contribution in [2.45, 2.75) is 31.7 Å². The van der Waals surface area contributed by atoms with Crippen molar-refractivity contribution in [3.05, 3.63) is 36.1 Å². The van der Waals surface area contributed by atoms with Gasteiger partial charge in [0.2, 0.25) is 0 Å². The van der Waals surface area contributed by atoms with Crippen LogP contribution in [-0.2, 0) is 0 Å². The van der Waals surface area contributed by atoms with Gasteiger partial charge in [0.25, 0.3) is 0 Å². The van der Waals surface area contributed by atoms with Gasteiger partial charge in [0, 0.05) is 11.4 Å². The zero-order valence-electron chi connectivity index (χ0n) is 9.57. The minimum Gasteiger partial charge on any atom is -0.464 e. The first-order valence-corrected chi connectivity index (χ1v) is 6.04. The zero-order chi connectivity index (χ0) is 11.0. The van der Waals surface area contributed by atoms with E-state index in [1.54, 1.807) is 6.26 Å². The van der Waals surface area contributed by atoms with Gasteiger partial charge in [0.1, 0.15) is 5.58 Å². The molecule has 2 nitrogen and oxygen atoms in total. The van der Waals surface area contributed by atoms with Crippen LogP contribution in [0.15, 0.2) is 34.9 Å². The first kappa shape index (κ1) is 9.91. The molecule has 1 aliphatic rings. The lowest BCUT2D eigenvalue weighted by Gasteiger charge is -2.28. The molecule has 1 saturated heterocycles. The number of hydrogen-bond acceptors (Lipinski definition) is 2. The van der Waals surface area contributed by atoms with Gasteiger partial charge in [-0.05, 0) is 49.9 Å². The molecule has 1 N–H and O–H groups in total. The summed E-state index contributed by atoms with van der Waals surface area (Å²) < 4.78 is 5.46. The van der Waals surface area contributed by atoms with E-state index in [0.29, 0.717) is 12.0 Å². The van der Waals surface area contributed by atoms with E-state index in [4.69, 9.17) is 4.42 Å². The minimum atomic E-state index is 0.626. The van der Waals surface area contributed by atoms with E-state index in [2.05, 4.69) is 30.4 Å². The summed E-state index contributed by atoms with van der Waals surface area (Å²) in [7, 11) is 0. The third-order valence-electron chi connectivity index (χ3n) is 3.59. The van der Waals surface area contributed by atoms with Crippen LogP contribution >= 0.6 is 0 Å². The lowest BCUT2D eigenvalue weighted by atomic mass is 9.85. The van der Waals surface area contributed by atoms with Gasteiger partial charge in [-0.25, -0.2) is 0 Å². The Bertz CT molecular complexity index is 488. The fourth-order valence-electron chi connectivity index (χ4n) is 2.79. The molecule has 2 heterocycles. The van der Waals surface area contributed by atoms with Crippen LogP contribution in [0.5, 0.6) is 0 Å². The Kier molecular flexibility index (Phi) is 2.44. The van der Waals surface area contributed by atoms with Crippen LogP contribution in [0.3, 0.4) is 0 Å². The van der Waals surface area contributed by atoms with Gasteiger partial charge in [0.15, 0.2) is 0 Å². The summed E-state index contributed by atoms with van der Waals surface area (Å²) in [5.41, 5.74) is 2.48. The largest absolute Gasteiger partial charge is 0.464 e. The normalized spacial score (nSPS) is 26.1. The maximum Gasteiger partial charge on any atom is 0.134 e. The van der Waals surface area contributed by atoms with E-state index >= 15 is 0 Å². The molecule has 0 spiro atoms. The van der Waals surface area contributed by atoms with Gasteiger partial charge in [-0.1, -0.05) is 12.1 Å². The summed E-state index contributed by atoms with van der Waals surface area (Å²) >= 11 is 0. The summed E-state index contributed by atoms with van der Waals surface area (Å²) in [5, 5.41) is 4.79. The predicted octanol–water partition coefficient (Wildman–Crippen LogP) is 3.29. The van der Waals surface area contributed by atoms with Gasteiger partial charge in [-0.3, -0.25) is 0 Å². The summed E-state index contributed by atoms with van der Waals surface area (Å²) in [6, 6.07) is 9.12. The molecule has 84 valence electrons. The summed E-state index contributed by atoms with van der Waals surface area (Å²) in [6.07, 6.45) is 4.25. The van der Waals surface area contributed by atoms with Gasteiger partial charge in [-0.15, -0.1) is 0 Å². The second kappa shape index (κ2) is 3.95. The molecule has 1 fully saturated rings. The van der Waals surface area contributed by atoms with Crippen LogP contribution in [0.25, 0.3) is 11.0 Å². The first-order chi connectivity index (χ1) is 7.84. The van der Waals surface area contributed by atoms with E-state index in [-0.39, 0.29) is 0 Å². The molecule has 0 aliphatic carbocycles. The van der Waals surface area contributed by atoms with E-state index in [1.807, 2.05) is 6.07 Å². The highest BCUT2D eigenvalue weighted by Crippen LogP contribution is 2.33. The standard InChI is InChI=1S/C14H17NO/c1-10-9-11(5-7-15-10)12-3-2-4-14-13(12)6-8-16-14/h2-4,6,8,10-11,15H,5,7,9H2,1H3. The maximum absolute atomic E-state index is 5.46. The number of furan rings is 1. The fourth-order valence-corrected chi connectivity index (χ4v) is 2.79. The SMILES string of the molecule is CC1CC(c2cccc3occc23)CCN1. The molecule has 2 atom stereocenters. The lowest BCUT2D eigenvalue weighted by molar-refractivity contribution is 0.382. The molecular weight excluding hydrogens is 198 g/mol. The smallest absolute Gasteiger partial charge is 0.134 e. The van der Waals surface area contributed by atoms with E-state index in [1.165, 1.54) is 23.8 Å². The molecular formula is C14H17NO.